The Hall–Kier alpha value is -1.89. The van der Waals surface area contributed by atoms with E-state index in [1.807, 2.05) is 0 Å². The zero-order valence-electron chi connectivity index (χ0n) is 11.4. The van der Waals surface area contributed by atoms with E-state index < -0.39 is 17.9 Å². The molecule has 0 aliphatic rings. The van der Waals surface area contributed by atoms with E-state index in [1.165, 1.54) is 11.3 Å². The van der Waals surface area contributed by atoms with Crippen molar-refractivity contribution in [2.24, 2.45) is 5.92 Å². The number of hydrogen-bond donors (Lipinski definition) is 3. The van der Waals surface area contributed by atoms with Crippen LogP contribution >= 0.6 is 11.3 Å². The average Bonchev–Trinajstić information content (AvgIpc) is 2.88. The molecule has 0 fully saturated rings. The van der Waals surface area contributed by atoms with Crippen LogP contribution in [0.15, 0.2) is 17.5 Å². The Morgan fingerprint density at radius 3 is 2.55 bits per heavy atom. The van der Waals surface area contributed by atoms with Gasteiger partial charge in [0.05, 0.1) is 4.88 Å². The molecule has 20 heavy (non-hydrogen) atoms. The molecule has 6 nitrogen and oxygen atoms in total. The van der Waals surface area contributed by atoms with Gasteiger partial charge >= 0.3 is 5.97 Å². The molecular formula is C13H18N2O4S. The van der Waals surface area contributed by atoms with Gasteiger partial charge in [0, 0.05) is 13.0 Å². The third kappa shape index (κ3) is 5.00. The summed E-state index contributed by atoms with van der Waals surface area (Å²) in [5, 5.41) is 15.8. The first-order chi connectivity index (χ1) is 9.41. The average molecular weight is 298 g/mol. The van der Waals surface area contributed by atoms with E-state index in [-0.39, 0.29) is 24.8 Å². The predicted molar refractivity (Wildman–Crippen MR) is 75.7 cm³/mol. The van der Waals surface area contributed by atoms with Gasteiger partial charge in [-0.05, 0) is 17.4 Å². The largest absolute Gasteiger partial charge is 0.480 e. The summed E-state index contributed by atoms with van der Waals surface area (Å²) in [5.41, 5.74) is 0. The van der Waals surface area contributed by atoms with E-state index in [9.17, 15) is 14.4 Å². The van der Waals surface area contributed by atoms with Gasteiger partial charge < -0.3 is 15.7 Å². The standard InChI is InChI=1S/C13H18N2O4S/c1-8(2)11(13(18)19)15-10(16)5-6-14-12(17)9-4-3-7-20-9/h3-4,7-8,11H,5-6H2,1-2H3,(H,14,17)(H,15,16)(H,18,19)/t11-/m0/s1. The summed E-state index contributed by atoms with van der Waals surface area (Å²) < 4.78 is 0. The highest BCUT2D eigenvalue weighted by Gasteiger charge is 2.23. The number of amides is 2. The fraction of sp³-hybridized carbons (Fsp3) is 0.462. The topological polar surface area (TPSA) is 95.5 Å². The fourth-order valence-electron chi connectivity index (χ4n) is 1.54. The number of rotatable bonds is 7. The van der Waals surface area contributed by atoms with E-state index in [1.54, 1.807) is 31.4 Å². The normalized spacial score (nSPS) is 11.9. The zero-order chi connectivity index (χ0) is 15.1. The maximum atomic E-state index is 11.6. The third-order valence-electron chi connectivity index (χ3n) is 2.63. The molecule has 0 unspecified atom stereocenters. The van der Waals surface area contributed by atoms with Gasteiger partial charge in [-0.25, -0.2) is 4.79 Å². The molecule has 1 aromatic heterocycles. The Balaban J connectivity index is 2.33. The number of carboxylic acids is 1. The minimum atomic E-state index is -1.06. The van der Waals surface area contributed by atoms with Crippen LogP contribution in [-0.4, -0.2) is 35.5 Å². The molecule has 1 atom stereocenters. The number of thiophene rings is 1. The lowest BCUT2D eigenvalue weighted by Gasteiger charge is -2.17. The Kier molecular flexibility index (Phi) is 6.17. The minimum absolute atomic E-state index is 0.0492. The van der Waals surface area contributed by atoms with E-state index in [0.29, 0.717) is 4.88 Å². The number of carbonyl (C=O) groups is 3. The molecule has 3 N–H and O–H groups in total. The van der Waals surface area contributed by atoms with Gasteiger partial charge in [-0.2, -0.15) is 0 Å². The second kappa shape index (κ2) is 7.64. The number of hydrogen-bond acceptors (Lipinski definition) is 4. The van der Waals surface area contributed by atoms with Crippen LogP contribution in [0, 0.1) is 5.92 Å². The lowest BCUT2D eigenvalue weighted by molar-refractivity contribution is -0.143. The molecule has 0 aromatic carbocycles. The first kappa shape index (κ1) is 16.2. The molecule has 0 bridgehead atoms. The van der Waals surface area contributed by atoms with Crippen LogP contribution in [-0.2, 0) is 9.59 Å². The molecule has 110 valence electrons. The van der Waals surface area contributed by atoms with Gasteiger partial charge in [0.2, 0.25) is 5.91 Å². The van der Waals surface area contributed by atoms with Crippen LogP contribution in [0.2, 0.25) is 0 Å². The first-order valence-corrected chi connectivity index (χ1v) is 7.13. The molecule has 0 aliphatic carbocycles. The van der Waals surface area contributed by atoms with Gasteiger partial charge in [0.1, 0.15) is 6.04 Å². The Labute approximate surface area is 121 Å². The van der Waals surface area contributed by atoms with Crippen molar-refractivity contribution in [1.82, 2.24) is 10.6 Å². The number of aliphatic carboxylic acids is 1. The third-order valence-corrected chi connectivity index (χ3v) is 3.50. The molecule has 7 heteroatoms. The molecule has 0 radical (unpaired) electrons. The smallest absolute Gasteiger partial charge is 0.326 e. The number of carbonyl (C=O) groups excluding carboxylic acids is 2. The van der Waals surface area contributed by atoms with Crippen molar-refractivity contribution in [2.45, 2.75) is 26.3 Å². The lowest BCUT2D eigenvalue weighted by atomic mass is 10.0. The highest BCUT2D eigenvalue weighted by molar-refractivity contribution is 7.12. The van der Waals surface area contributed by atoms with Gasteiger partial charge in [-0.15, -0.1) is 11.3 Å². The summed E-state index contributed by atoms with van der Waals surface area (Å²) in [6.07, 6.45) is 0.0492. The van der Waals surface area contributed by atoms with Crippen LogP contribution in [0.3, 0.4) is 0 Å². The lowest BCUT2D eigenvalue weighted by Crippen LogP contribution is -2.45. The second-order valence-electron chi connectivity index (χ2n) is 4.61. The zero-order valence-corrected chi connectivity index (χ0v) is 12.2. The van der Waals surface area contributed by atoms with Gasteiger partial charge in [-0.3, -0.25) is 9.59 Å². The van der Waals surface area contributed by atoms with E-state index in [0.717, 1.165) is 0 Å². The molecule has 0 aliphatic heterocycles. The molecule has 2 amide bonds. The summed E-state index contributed by atoms with van der Waals surface area (Å²) in [4.78, 5) is 34.7. The summed E-state index contributed by atoms with van der Waals surface area (Å²) in [6.45, 7) is 3.61. The van der Waals surface area contributed by atoms with Gasteiger partial charge in [-0.1, -0.05) is 19.9 Å². The van der Waals surface area contributed by atoms with Crippen molar-refractivity contribution in [3.05, 3.63) is 22.4 Å². The quantitative estimate of drug-likeness (QED) is 0.702. The Morgan fingerprint density at radius 2 is 2.05 bits per heavy atom. The summed E-state index contributed by atoms with van der Waals surface area (Å²) in [6, 6.07) is 2.56. The van der Waals surface area contributed by atoms with Crippen molar-refractivity contribution in [3.63, 3.8) is 0 Å². The maximum absolute atomic E-state index is 11.6. The van der Waals surface area contributed by atoms with Crippen molar-refractivity contribution in [3.8, 4) is 0 Å². The van der Waals surface area contributed by atoms with Crippen LogP contribution in [0.5, 0.6) is 0 Å². The van der Waals surface area contributed by atoms with Crippen LogP contribution in [0.1, 0.15) is 29.9 Å². The van der Waals surface area contributed by atoms with Crippen LogP contribution in [0.4, 0.5) is 0 Å². The van der Waals surface area contributed by atoms with Gasteiger partial charge in [0.25, 0.3) is 5.91 Å². The fourth-order valence-corrected chi connectivity index (χ4v) is 2.18. The Bertz CT molecular complexity index is 471. The van der Waals surface area contributed by atoms with Crippen molar-refractivity contribution in [2.75, 3.05) is 6.54 Å². The molecule has 0 saturated heterocycles. The summed E-state index contributed by atoms with van der Waals surface area (Å²) in [7, 11) is 0. The number of carboxylic acid groups (broad SMARTS) is 1. The molecule has 0 saturated carbocycles. The molecule has 1 aromatic rings. The van der Waals surface area contributed by atoms with Crippen molar-refractivity contribution < 1.29 is 19.5 Å². The molecule has 0 spiro atoms. The van der Waals surface area contributed by atoms with E-state index in [4.69, 9.17) is 5.11 Å². The highest BCUT2D eigenvalue weighted by Crippen LogP contribution is 2.07. The monoisotopic (exact) mass is 298 g/mol. The van der Waals surface area contributed by atoms with Crippen LogP contribution in [0.25, 0.3) is 0 Å². The highest BCUT2D eigenvalue weighted by atomic mass is 32.1. The van der Waals surface area contributed by atoms with Crippen LogP contribution < -0.4 is 10.6 Å². The van der Waals surface area contributed by atoms with Crippen molar-refractivity contribution in [1.29, 1.82) is 0 Å². The molecule has 1 rings (SSSR count). The van der Waals surface area contributed by atoms with Gasteiger partial charge in [0.15, 0.2) is 0 Å². The summed E-state index contributed by atoms with van der Waals surface area (Å²) >= 11 is 1.32. The minimum Gasteiger partial charge on any atom is -0.480 e. The van der Waals surface area contributed by atoms with E-state index in [2.05, 4.69) is 10.6 Å². The molecular weight excluding hydrogens is 280 g/mol. The molecule has 1 heterocycles. The predicted octanol–water partition coefficient (Wildman–Crippen LogP) is 1.09. The van der Waals surface area contributed by atoms with Crippen molar-refractivity contribution >= 4 is 29.1 Å². The Morgan fingerprint density at radius 1 is 1.35 bits per heavy atom. The van der Waals surface area contributed by atoms with E-state index >= 15 is 0 Å². The first-order valence-electron chi connectivity index (χ1n) is 6.25. The second-order valence-corrected chi connectivity index (χ2v) is 5.56. The maximum Gasteiger partial charge on any atom is 0.326 e. The number of nitrogens with one attached hydrogen (secondary N) is 2. The summed E-state index contributed by atoms with van der Waals surface area (Å²) in [5.74, 6) is -1.88. The SMILES string of the molecule is CC(C)[C@H](NC(=O)CCNC(=O)c1cccs1)C(=O)O.